The molecule has 0 aromatic heterocycles. The second-order valence-electron chi connectivity index (χ2n) is 15.6. The summed E-state index contributed by atoms with van der Waals surface area (Å²) in [6, 6.07) is 11.3. The molecule has 0 spiro atoms. The van der Waals surface area contributed by atoms with Crippen LogP contribution in [-0.4, -0.2) is 119 Å². The lowest BCUT2D eigenvalue weighted by atomic mass is 9.78. The molecule has 13 heteroatoms. The number of piperidine rings is 3. The van der Waals surface area contributed by atoms with Gasteiger partial charge >= 0.3 is 18.1 Å². The minimum atomic E-state index is -1.06. The Morgan fingerprint density at radius 1 is 0.893 bits per heavy atom. The molecule has 3 fully saturated rings. The Balaban J connectivity index is 1.04. The number of nitrogens with one attached hydrogen (secondary N) is 1. The molecule has 0 aliphatic carbocycles. The summed E-state index contributed by atoms with van der Waals surface area (Å²) in [5, 5.41) is 13.6. The van der Waals surface area contributed by atoms with Crippen LogP contribution >= 0.6 is 0 Å². The largest absolute Gasteiger partial charge is 0.507 e. The highest BCUT2D eigenvalue weighted by molar-refractivity contribution is 5.91. The third-order valence-electron chi connectivity index (χ3n) is 12.1. The number of likely N-dealkylation sites (tertiary alicyclic amines) is 3. The molecule has 0 radical (unpaired) electrons. The van der Waals surface area contributed by atoms with Gasteiger partial charge in [-0.25, -0.2) is 9.59 Å². The maximum absolute atomic E-state index is 14.2. The number of aryl methyl sites for hydroxylation is 1. The number of esters is 1. The topological polar surface area (TPSA) is 149 Å². The van der Waals surface area contributed by atoms with Crippen LogP contribution in [0, 0.1) is 18.8 Å². The van der Waals surface area contributed by atoms with E-state index in [4.69, 9.17) is 9.47 Å². The molecule has 4 aliphatic heterocycles. The lowest BCUT2D eigenvalue weighted by Gasteiger charge is -2.41. The molecule has 13 nitrogen and oxygen atoms in total. The number of amides is 5. The molecule has 2 aromatic rings. The van der Waals surface area contributed by atoms with Gasteiger partial charge in [-0.05, 0) is 99.5 Å². The van der Waals surface area contributed by atoms with Gasteiger partial charge in [-0.3, -0.25) is 14.4 Å². The van der Waals surface area contributed by atoms with Crippen LogP contribution in [0.15, 0.2) is 43.0 Å². The molecule has 4 aliphatic rings. The first-order chi connectivity index (χ1) is 27.0. The Morgan fingerprint density at radius 3 is 2.20 bits per heavy atom. The number of carbonyl (C=O) groups is 5. The summed E-state index contributed by atoms with van der Waals surface area (Å²) in [4.78, 5) is 72.7. The van der Waals surface area contributed by atoms with E-state index in [0.717, 1.165) is 48.9 Å². The second-order valence-corrected chi connectivity index (χ2v) is 15.6. The molecule has 0 bridgehead atoms. The summed E-state index contributed by atoms with van der Waals surface area (Å²) in [5.41, 5.74) is 3.89. The van der Waals surface area contributed by atoms with Crippen molar-refractivity contribution in [3.05, 3.63) is 65.2 Å². The smallest absolute Gasteiger partial charge is 0.410 e. The van der Waals surface area contributed by atoms with Crippen molar-refractivity contribution in [2.75, 3.05) is 57.7 Å². The van der Waals surface area contributed by atoms with Gasteiger partial charge in [-0.15, -0.1) is 0 Å². The number of anilines is 1. The number of ether oxygens (including phenoxy) is 2. The summed E-state index contributed by atoms with van der Waals surface area (Å²) in [5.74, 6) is 0.407. The summed E-state index contributed by atoms with van der Waals surface area (Å²) in [6.45, 7) is 11.5. The molecule has 2 N–H and O–H groups in total. The van der Waals surface area contributed by atoms with E-state index in [2.05, 4.69) is 11.9 Å². The van der Waals surface area contributed by atoms with Gasteiger partial charge in [0, 0.05) is 75.9 Å². The molecule has 0 saturated carbocycles. The van der Waals surface area contributed by atoms with Crippen LogP contribution in [0.3, 0.4) is 0 Å². The Morgan fingerprint density at radius 2 is 1.54 bits per heavy atom. The lowest BCUT2D eigenvalue weighted by molar-refractivity contribution is -0.146. The molecule has 1 atom stereocenters. The van der Waals surface area contributed by atoms with Crippen molar-refractivity contribution in [3.63, 3.8) is 0 Å². The number of hydrogen-bond donors (Lipinski definition) is 2. The minimum absolute atomic E-state index is 0.0120. The number of para-hydroxylation sites is 1. The fourth-order valence-corrected chi connectivity index (χ4v) is 8.86. The summed E-state index contributed by atoms with van der Waals surface area (Å²) in [6.07, 6.45) is 5.78. The van der Waals surface area contributed by atoms with Crippen molar-refractivity contribution in [1.82, 2.24) is 19.6 Å². The molecule has 302 valence electrons. The zero-order valence-corrected chi connectivity index (χ0v) is 32.9. The number of hydrogen-bond acceptors (Lipinski definition) is 8. The molecule has 4 heterocycles. The summed E-state index contributed by atoms with van der Waals surface area (Å²) < 4.78 is 11.0. The van der Waals surface area contributed by atoms with Gasteiger partial charge in [-0.1, -0.05) is 36.9 Å². The number of urea groups is 1. The van der Waals surface area contributed by atoms with Gasteiger partial charge in [0.25, 0.3) is 5.91 Å². The average Bonchev–Trinajstić information content (AvgIpc) is 3.38. The SMILES string of the molecule is C=Cc1cc(C[C@@H](OC(=O)N2CCC(N3CCc4ccccc4NC3=O)CC2)C(=O)N2CCC(C3CCN(C(=O)CCC(=O)OCC)CC3)CC2)cc(C)c1O. The number of nitrogens with zero attached hydrogens (tertiary/aromatic N) is 4. The fourth-order valence-electron chi connectivity index (χ4n) is 8.86. The Kier molecular flexibility index (Phi) is 13.6. The predicted octanol–water partition coefficient (Wildman–Crippen LogP) is 5.77. The van der Waals surface area contributed by atoms with E-state index >= 15 is 0 Å². The molecule has 0 unspecified atom stereocenters. The first-order valence-corrected chi connectivity index (χ1v) is 20.3. The van der Waals surface area contributed by atoms with E-state index < -0.39 is 12.2 Å². The third kappa shape index (κ3) is 9.83. The summed E-state index contributed by atoms with van der Waals surface area (Å²) >= 11 is 0. The number of fused-ring (bicyclic) bond motifs is 1. The third-order valence-corrected chi connectivity index (χ3v) is 12.1. The van der Waals surface area contributed by atoms with Gasteiger partial charge in [-0.2, -0.15) is 0 Å². The predicted molar refractivity (Wildman–Crippen MR) is 212 cm³/mol. The van der Waals surface area contributed by atoms with E-state index in [1.807, 2.05) is 45.0 Å². The van der Waals surface area contributed by atoms with Crippen molar-refractivity contribution in [2.45, 2.75) is 90.2 Å². The maximum Gasteiger partial charge on any atom is 0.410 e. The number of rotatable bonds is 11. The molecule has 5 amide bonds. The highest BCUT2D eigenvalue weighted by Gasteiger charge is 2.37. The van der Waals surface area contributed by atoms with Crippen LogP contribution in [-0.2, 0) is 36.7 Å². The first kappa shape index (κ1) is 40.6. The molecule has 56 heavy (non-hydrogen) atoms. The number of aromatic hydroxyl groups is 1. The number of benzene rings is 2. The van der Waals surface area contributed by atoms with E-state index in [1.165, 1.54) is 0 Å². The Hall–Kier alpha value is -5.07. The zero-order valence-electron chi connectivity index (χ0n) is 32.9. The Bertz CT molecular complexity index is 1760. The van der Waals surface area contributed by atoms with Crippen molar-refractivity contribution in [1.29, 1.82) is 0 Å². The number of phenols is 1. The van der Waals surface area contributed by atoms with Gasteiger partial charge < -0.3 is 39.5 Å². The van der Waals surface area contributed by atoms with Crippen molar-refractivity contribution >= 4 is 41.7 Å². The van der Waals surface area contributed by atoms with Gasteiger partial charge in [0.15, 0.2) is 6.10 Å². The van der Waals surface area contributed by atoms with E-state index in [9.17, 15) is 29.1 Å². The molecular weight excluding hydrogens is 714 g/mol. The van der Waals surface area contributed by atoms with Crippen LogP contribution in [0.2, 0.25) is 0 Å². The van der Waals surface area contributed by atoms with Crippen LogP contribution in [0.4, 0.5) is 15.3 Å². The fraction of sp³-hybridized carbons (Fsp3) is 0.558. The van der Waals surface area contributed by atoms with E-state index in [1.54, 1.807) is 30.9 Å². The Labute approximate surface area is 330 Å². The summed E-state index contributed by atoms with van der Waals surface area (Å²) in [7, 11) is 0. The standard InChI is InChI=1S/C43H57N5O8/c1-4-31-27-30(26-29(3)40(31)51)28-37(56-43(54)47-23-17-35(18-24-47)48-25-16-34-8-6-7-9-36(34)44-42(48)53)41(52)46-21-14-33(15-22-46)32-12-19-45(20-13-32)38(49)10-11-39(50)55-5-2/h4,6-9,26-27,32-33,35,37,51H,1,5,10-25,28H2,2-3H3,(H,44,53)/t37-/m1/s1. The van der Waals surface area contributed by atoms with Crippen LogP contribution in [0.1, 0.15) is 80.5 Å². The normalized spacial score (nSPS) is 19.1. The quantitative estimate of drug-likeness (QED) is 0.274. The monoisotopic (exact) mass is 771 g/mol. The van der Waals surface area contributed by atoms with Crippen molar-refractivity contribution in [2.24, 2.45) is 11.8 Å². The lowest BCUT2D eigenvalue weighted by Crippen LogP contribution is -2.52. The molecular formula is C43H57N5O8. The molecule has 2 aromatic carbocycles. The van der Waals surface area contributed by atoms with Crippen molar-refractivity contribution < 1.29 is 38.6 Å². The second kappa shape index (κ2) is 18.7. The zero-order chi connectivity index (χ0) is 39.8. The average molecular weight is 772 g/mol. The maximum atomic E-state index is 14.2. The highest BCUT2D eigenvalue weighted by atomic mass is 16.6. The number of phenolic OH excluding ortho intramolecular Hbond substituents is 1. The van der Waals surface area contributed by atoms with Crippen LogP contribution < -0.4 is 5.32 Å². The molecule has 3 saturated heterocycles. The van der Waals surface area contributed by atoms with Gasteiger partial charge in [0.05, 0.1) is 13.0 Å². The van der Waals surface area contributed by atoms with Crippen LogP contribution in [0.25, 0.3) is 6.08 Å². The minimum Gasteiger partial charge on any atom is -0.507 e. The van der Waals surface area contributed by atoms with Crippen LogP contribution in [0.5, 0.6) is 5.75 Å². The van der Waals surface area contributed by atoms with E-state index in [-0.39, 0.29) is 54.9 Å². The first-order valence-electron chi connectivity index (χ1n) is 20.3. The van der Waals surface area contributed by atoms with E-state index in [0.29, 0.717) is 88.2 Å². The highest BCUT2D eigenvalue weighted by Crippen LogP contribution is 2.34. The number of carbonyl (C=O) groups excluding carboxylic acids is 5. The van der Waals surface area contributed by atoms with Gasteiger partial charge in [0.1, 0.15) is 5.75 Å². The molecule has 6 rings (SSSR count). The van der Waals surface area contributed by atoms with Crippen molar-refractivity contribution in [3.8, 4) is 5.75 Å². The van der Waals surface area contributed by atoms with Gasteiger partial charge in [0.2, 0.25) is 5.91 Å².